The maximum absolute atomic E-state index is 15.2. The number of carbonyl (C=O) groups excluding carboxylic acids is 2. The number of amides is 2. The molecular weight excluding hydrogens is 526 g/mol. The molecule has 0 spiro atoms. The molecule has 1 fully saturated rings. The van der Waals surface area contributed by atoms with Crippen LogP contribution in [0.2, 0.25) is 0 Å². The lowest BCUT2D eigenvalue weighted by atomic mass is 10.1. The van der Waals surface area contributed by atoms with Crippen molar-refractivity contribution in [3.05, 3.63) is 65.3 Å². The van der Waals surface area contributed by atoms with E-state index in [1.807, 2.05) is 0 Å². The van der Waals surface area contributed by atoms with Crippen molar-refractivity contribution in [1.29, 1.82) is 0 Å². The van der Waals surface area contributed by atoms with Crippen molar-refractivity contribution in [3.63, 3.8) is 0 Å². The first kappa shape index (κ1) is 29.1. The summed E-state index contributed by atoms with van der Waals surface area (Å²) in [5.74, 6) is -0.689. The van der Waals surface area contributed by atoms with Crippen LogP contribution in [0.1, 0.15) is 20.8 Å². The zero-order chi connectivity index (χ0) is 28.1. The lowest BCUT2D eigenvalue weighted by Gasteiger charge is -2.31. The summed E-state index contributed by atoms with van der Waals surface area (Å²) in [5.41, 5.74) is 6.90. The standard InChI is InChI=1S/C22H28FN6O8P/c1-13(2)35-20(31)15(4)26-38(33,37-16-8-6-5-7-9-16)34-12-22(27-28-24)18(30)17(23)19(36-22)29-11-10-14(3)25-21(29)32/h5-11,13,15,17-19,30H,3,12H2,1-2,4H3,(H,25,32)(H,26,33)/t15?,17-,18-,19+,22+,38?/m0/s1. The summed E-state index contributed by atoms with van der Waals surface area (Å²) in [7, 11) is -4.50. The molecule has 0 saturated carbocycles. The molecule has 6 atom stereocenters. The van der Waals surface area contributed by atoms with Gasteiger partial charge in [-0.3, -0.25) is 14.2 Å². The number of aliphatic hydroxyl groups is 1. The van der Waals surface area contributed by atoms with Crippen LogP contribution in [0.15, 0.2) is 60.0 Å². The highest BCUT2D eigenvalue weighted by molar-refractivity contribution is 7.52. The number of azide groups is 1. The van der Waals surface area contributed by atoms with E-state index in [1.54, 1.807) is 32.0 Å². The lowest BCUT2D eigenvalue weighted by Crippen LogP contribution is -2.48. The Kier molecular flexibility index (Phi) is 9.15. The van der Waals surface area contributed by atoms with Gasteiger partial charge in [0.25, 0.3) is 0 Å². The van der Waals surface area contributed by atoms with E-state index < -0.39 is 62.7 Å². The molecule has 0 bridgehead atoms. The first-order valence-corrected chi connectivity index (χ1v) is 12.9. The number of hydrogen-bond acceptors (Lipinski definition) is 9. The second-order valence-corrected chi connectivity index (χ2v) is 10.3. The number of ether oxygens (including phenoxy) is 2. The third-order valence-corrected chi connectivity index (χ3v) is 6.88. The van der Waals surface area contributed by atoms with E-state index in [-0.39, 0.29) is 11.4 Å². The van der Waals surface area contributed by atoms with Gasteiger partial charge in [0, 0.05) is 16.8 Å². The molecule has 1 saturated heterocycles. The van der Waals surface area contributed by atoms with Crippen LogP contribution in [0.25, 0.3) is 10.4 Å². The Labute approximate surface area is 217 Å². The van der Waals surface area contributed by atoms with Gasteiger partial charge in [0.1, 0.15) is 17.9 Å². The molecule has 3 rings (SSSR count). The fraction of sp³-hybridized carbons (Fsp3) is 0.455. The number of esters is 1. The molecule has 2 unspecified atom stereocenters. The topological polar surface area (TPSA) is 184 Å². The van der Waals surface area contributed by atoms with Crippen LogP contribution in [-0.2, 0) is 23.4 Å². The van der Waals surface area contributed by atoms with Crippen LogP contribution in [0, 0.1) is 0 Å². The molecule has 2 aliphatic rings. The monoisotopic (exact) mass is 554 g/mol. The van der Waals surface area contributed by atoms with Crippen molar-refractivity contribution in [3.8, 4) is 5.75 Å². The van der Waals surface area contributed by atoms with Crippen LogP contribution < -0.4 is 14.9 Å². The summed E-state index contributed by atoms with van der Waals surface area (Å²) in [6.45, 7) is 7.16. The number of alkyl halides is 1. The molecule has 1 aromatic carbocycles. The molecule has 1 aromatic rings. The number of nitrogens with zero attached hydrogens (tertiary/aromatic N) is 4. The molecule has 38 heavy (non-hydrogen) atoms. The number of allylic oxidation sites excluding steroid dienone is 1. The van der Waals surface area contributed by atoms with Gasteiger partial charge >= 0.3 is 19.7 Å². The van der Waals surface area contributed by atoms with E-state index in [4.69, 9.17) is 24.1 Å². The minimum atomic E-state index is -4.50. The Balaban J connectivity index is 1.87. The quantitative estimate of drug-likeness (QED) is 0.121. The van der Waals surface area contributed by atoms with Gasteiger partial charge in [-0.25, -0.2) is 13.8 Å². The number of benzene rings is 1. The van der Waals surface area contributed by atoms with Crippen LogP contribution in [0.5, 0.6) is 5.75 Å². The predicted octanol–water partition coefficient (Wildman–Crippen LogP) is 3.23. The van der Waals surface area contributed by atoms with E-state index in [9.17, 15) is 19.3 Å². The largest absolute Gasteiger partial charge is 0.462 e. The van der Waals surface area contributed by atoms with Crippen molar-refractivity contribution in [2.75, 3.05) is 6.61 Å². The average molecular weight is 554 g/mol. The summed E-state index contributed by atoms with van der Waals surface area (Å²) in [5, 5.41) is 18.8. The molecular formula is C22H28FN6O8P. The van der Waals surface area contributed by atoms with Crippen molar-refractivity contribution < 1.29 is 42.2 Å². The molecule has 0 aromatic heterocycles. The van der Waals surface area contributed by atoms with Crippen molar-refractivity contribution >= 4 is 19.7 Å². The van der Waals surface area contributed by atoms with E-state index in [1.165, 1.54) is 31.3 Å². The Morgan fingerprint density at radius 3 is 2.71 bits per heavy atom. The average Bonchev–Trinajstić information content (AvgIpc) is 3.09. The zero-order valence-corrected chi connectivity index (χ0v) is 21.7. The highest BCUT2D eigenvalue weighted by Crippen LogP contribution is 2.48. The number of carbonyl (C=O) groups is 2. The summed E-state index contributed by atoms with van der Waals surface area (Å²) in [4.78, 5) is 28.0. The van der Waals surface area contributed by atoms with Gasteiger partial charge in [-0.1, -0.05) is 29.9 Å². The highest BCUT2D eigenvalue weighted by atomic mass is 31.2. The molecule has 2 aliphatic heterocycles. The van der Waals surface area contributed by atoms with E-state index >= 15 is 4.39 Å². The molecule has 0 aliphatic carbocycles. The Bertz CT molecular complexity index is 1180. The van der Waals surface area contributed by atoms with Gasteiger partial charge < -0.3 is 24.4 Å². The number of hydrogen-bond donors (Lipinski definition) is 3. The van der Waals surface area contributed by atoms with Crippen LogP contribution >= 0.6 is 7.75 Å². The van der Waals surface area contributed by atoms with Crippen molar-refractivity contribution in [1.82, 2.24) is 15.3 Å². The number of aliphatic hydroxyl groups excluding tert-OH is 1. The minimum Gasteiger partial charge on any atom is -0.462 e. The number of halogens is 1. The molecule has 206 valence electrons. The highest BCUT2D eigenvalue weighted by Gasteiger charge is 2.59. The molecule has 14 nitrogen and oxygen atoms in total. The number of urea groups is 1. The first-order valence-electron chi connectivity index (χ1n) is 11.4. The predicted molar refractivity (Wildman–Crippen MR) is 131 cm³/mol. The number of nitrogens with one attached hydrogen (secondary N) is 2. The third kappa shape index (κ3) is 6.70. The lowest BCUT2D eigenvalue weighted by molar-refractivity contribution is -0.149. The minimum absolute atomic E-state index is 0.0788. The normalized spacial score (nSPS) is 27.3. The van der Waals surface area contributed by atoms with Gasteiger partial charge in [-0.2, -0.15) is 5.09 Å². The fourth-order valence-corrected chi connectivity index (χ4v) is 4.97. The molecule has 0 radical (unpaired) electrons. The van der Waals surface area contributed by atoms with Crippen LogP contribution in [-0.4, -0.2) is 65.0 Å². The van der Waals surface area contributed by atoms with Gasteiger partial charge in [0.15, 0.2) is 12.4 Å². The molecule has 2 amide bonds. The van der Waals surface area contributed by atoms with Crippen molar-refractivity contribution in [2.45, 2.75) is 57.1 Å². The summed E-state index contributed by atoms with van der Waals surface area (Å²) in [6.07, 6.45) is -4.10. The van der Waals surface area contributed by atoms with Crippen LogP contribution in [0.4, 0.5) is 9.18 Å². The first-order chi connectivity index (χ1) is 17.9. The summed E-state index contributed by atoms with van der Waals surface area (Å²) >= 11 is 0. The molecule has 3 N–H and O–H groups in total. The van der Waals surface area contributed by atoms with Gasteiger partial charge in [0.05, 0.1) is 12.7 Å². The SMILES string of the molecule is C=C1C=CN([C@@H]2O[C@@](COP(=O)(NC(C)C(=O)OC(C)C)Oc3ccccc3)(N=[N+]=[N-])[C@@H](O)[C@@H]2F)C(=O)N1. The third-order valence-electron chi connectivity index (χ3n) is 5.25. The smallest absolute Gasteiger partial charge is 0.459 e. The fourth-order valence-electron chi connectivity index (χ4n) is 3.46. The van der Waals surface area contributed by atoms with E-state index in [0.717, 1.165) is 4.90 Å². The maximum atomic E-state index is 15.2. The van der Waals surface area contributed by atoms with Crippen LogP contribution in [0.3, 0.4) is 0 Å². The van der Waals surface area contributed by atoms with E-state index in [2.05, 4.69) is 27.0 Å². The maximum Gasteiger partial charge on any atom is 0.459 e. The number of rotatable bonds is 11. The van der Waals surface area contributed by atoms with E-state index in [0.29, 0.717) is 0 Å². The summed E-state index contributed by atoms with van der Waals surface area (Å²) < 4.78 is 50.5. The Morgan fingerprint density at radius 2 is 2.11 bits per heavy atom. The molecule has 16 heteroatoms. The Hall–Kier alpha value is -3.45. The molecule has 2 heterocycles. The second kappa shape index (κ2) is 11.9. The zero-order valence-electron chi connectivity index (χ0n) is 20.8. The van der Waals surface area contributed by atoms with Gasteiger partial charge in [-0.05, 0) is 44.5 Å². The summed E-state index contributed by atoms with van der Waals surface area (Å²) in [6, 6.07) is 5.76. The van der Waals surface area contributed by atoms with Crippen molar-refractivity contribution in [2.24, 2.45) is 5.11 Å². The second-order valence-electron chi connectivity index (χ2n) is 8.62. The van der Waals surface area contributed by atoms with Gasteiger partial charge in [0.2, 0.25) is 5.72 Å². The number of para-hydroxylation sites is 1. The Morgan fingerprint density at radius 1 is 1.42 bits per heavy atom. The van der Waals surface area contributed by atoms with Gasteiger partial charge in [-0.15, -0.1) is 0 Å².